The van der Waals surface area contributed by atoms with E-state index in [4.69, 9.17) is 9.47 Å². The second kappa shape index (κ2) is 6.73. The summed E-state index contributed by atoms with van der Waals surface area (Å²) in [7, 11) is 0. The minimum atomic E-state index is -0.349. The van der Waals surface area contributed by atoms with Crippen molar-refractivity contribution in [2.45, 2.75) is 6.04 Å². The van der Waals surface area contributed by atoms with Gasteiger partial charge < -0.3 is 9.47 Å². The largest absolute Gasteiger partial charge is 0.474 e. The highest BCUT2D eigenvalue weighted by Gasteiger charge is 2.23. The minimum absolute atomic E-state index is 0.179. The molecule has 0 fully saturated rings. The first-order chi connectivity index (χ1) is 12.3. The van der Waals surface area contributed by atoms with Crippen LogP contribution in [0.25, 0.3) is 10.8 Å². The number of hydrogen-bond donors (Lipinski definition) is 0. The highest BCUT2D eigenvalue weighted by atomic mass is 16.5. The zero-order valence-corrected chi connectivity index (χ0v) is 13.5. The van der Waals surface area contributed by atoms with Gasteiger partial charge in [-0.3, -0.25) is 4.98 Å². The van der Waals surface area contributed by atoms with E-state index in [2.05, 4.69) is 9.98 Å². The first-order valence-electron chi connectivity index (χ1n) is 8.08. The van der Waals surface area contributed by atoms with E-state index in [1.807, 2.05) is 54.6 Å². The molecule has 1 aromatic heterocycles. The lowest BCUT2D eigenvalue weighted by atomic mass is 10.1. The van der Waals surface area contributed by atoms with Gasteiger partial charge in [-0.1, -0.05) is 42.5 Å². The van der Waals surface area contributed by atoms with Gasteiger partial charge in [-0.25, -0.2) is 9.79 Å². The summed E-state index contributed by atoms with van der Waals surface area (Å²) in [5.74, 6) is 0.144. The molecule has 1 aliphatic rings. The third-order valence-corrected chi connectivity index (χ3v) is 4.01. The monoisotopic (exact) mass is 332 g/mol. The lowest BCUT2D eigenvalue weighted by molar-refractivity contribution is 0.0474. The van der Waals surface area contributed by atoms with Crippen LogP contribution in [0.2, 0.25) is 0 Å². The average molecular weight is 332 g/mol. The molecular weight excluding hydrogens is 316 g/mol. The van der Waals surface area contributed by atoms with Crippen molar-refractivity contribution < 1.29 is 14.3 Å². The molecule has 5 heteroatoms. The van der Waals surface area contributed by atoms with E-state index in [0.29, 0.717) is 23.8 Å². The third kappa shape index (κ3) is 3.21. The molecule has 0 spiro atoms. The molecule has 0 radical (unpaired) electrons. The first kappa shape index (κ1) is 15.3. The molecule has 0 aliphatic carbocycles. The van der Waals surface area contributed by atoms with Crippen LogP contribution in [0.1, 0.15) is 16.1 Å². The predicted molar refractivity (Wildman–Crippen MR) is 94.7 cm³/mol. The van der Waals surface area contributed by atoms with Gasteiger partial charge in [-0.2, -0.15) is 0 Å². The molecule has 25 heavy (non-hydrogen) atoms. The number of fused-ring (bicyclic) bond motifs is 1. The highest BCUT2D eigenvalue weighted by molar-refractivity contribution is 6.04. The number of ether oxygens (including phenoxy) is 2. The minimum Gasteiger partial charge on any atom is -0.474 e. The van der Waals surface area contributed by atoms with Gasteiger partial charge in [0.05, 0.1) is 5.56 Å². The third-order valence-electron chi connectivity index (χ3n) is 4.01. The number of nitrogens with zero attached hydrogens (tertiary/aromatic N) is 2. The zero-order chi connectivity index (χ0) is 17.1. The van der Waals surface area contributed by atoms with Crippen molar-refractivity contribution in [2.24, 2.45) is 4.99 Å². The van der Waals surface area contributed by atoms with Gasteiger partial charge in [-0.05, 0) is 29.0 Å². The maximum absolute atomic E-state index is 12.4. The van der Waals surface area contributed by atoms with Crippen LogP contribution in [-0.4, -0.2) is 36.1 Å². The van der Waals surface area contributed by atoms with E-state index in [1.54, 1.807) is 12.3 Å². The Kier molecular flexibility index (Phi) is 4.12. The maximum Gasteiger partial charge on any atom is 0.338 e. The molecule has 0 amide bonds. The number of hydrogen-bond acceptors (Lipinski definition) is 5. The van der Waals surface area contributed by atoms with Gasteiger partial charge in [0.1, 0.15) is 24.9 Å². The van der Waals surface area contributed by atoms with Crippen molar-refractivity contribution in [3.8, 4) is 0 Å². The summed E-state index contributed by atoms with van der Waals surface area (Å²) >= 11 is 0. The van der Waals surface area contributed by atoms with Crippen molar-refractivity contribution in [3.05, 3.63) is 78.1 Å². The smallest absolute Gasteiger partial charge is 0.338 e. The molecule has 0 saturated carbocycles. The quantitative estimate of drug-likeness (QED) is 0.688. The predicted octanol–water partition coefficient (Wildman–Crippen LogP) is 3.24. The van der Waals surface area contributed by atoms with Crippen LogP contribution < -0.4 is 0 Å². The Hall–Kier alpha value is -3.21. The van der Waals surface area contributed by atoms with Crippen molar-refractivity contribution in [2.75, 3.05) is 13.2 Å². The number of pyridine rings is 1. The number of benzene rings is 2. The van der Waals surface area contributed by atoms with Crippen LogP contribution >= 0.6 is 0 Å². The van der Waals surface area contributed by atoms with Gasteiger partial charge in [0.15, 0.2) is 0 Å². The Bertz CT molecular complexity index is 933. The highest BCUT2D eigenvalue weighted by Crippen LogP contribution is 2.19. The lowest BCUT2D eigenvalue weighted by Gasteiger charge is -2.09. The molecule has 4 rings (SSSR count). The summed E-state index contributed by atoms with van der Waals surface area (Å²) in [6, 6.07) is 18.7. The zero-order valence-electron chi connectivity index (χ0n) is 13.5. The fourth-order valence-corrected chi connectivity index (χ4v) is 2.78. The van der Waals surface area contributed by atoms with Crippen LogP contribution in [0.5, 0.6) is 0 Å². The van der Waals surface area contributed by atoms with Gasteiger partial charge in [0.25, 0.3) is 0 Å². The van der Waals surface area contributed by atoms with Crippen LogP contribution in [0, 0.1) is 0 Å². The fraction of sp³-hybridized carbons (Fsp3) is 0.150. The molecule has 1 aliphatic heterocycles. The number of rotatable bonds is 4. The number of aliphatic imine (C=N–C) groups is 1. The van der Waals surface area contributed by atoms with Crippen LogP contribution in [-0.2, 0) is 9.47 Å². The van der Waals surface area contributed by atoms with Gasteiger partial charge in [0, 0.05) is 6.20 Å². The van der Waals surface area contributed by atoms with Crippen molar-refractivity contribution in [1.29, 1.82) is 0 Å². The fourth-order valence-electron chi connectivity index (χ4n) is 2.78. The molecule has 2 heterocycles. The molecule has 2 aromatic carbocycles. The van der Waals surface area contributed by atoms with Gasteiger partial charge in [-0.15, -0.1) is 0 Å². The van der Waals surface area contributed by atoms with E-state index in [-0.39, 0.29) is 18.6 Å². The van der Waals surface area contributed by atoms with Gasteiger partial charge in [0.2, 0.25) is 5.90 Å². The van der Waals surface area contributed by atoms with Crippen LogP contribution in [0.3, 0.4) is 0 Å². The Morgan fingerprint density at radius 1 is 1.08 bits per heavy atom. The SMILES string of the molecule is O=C(OC[C@@H]1COC(c2ccccn2)=N1)c1cccc2ccccc12. The maximum atomic E-state index is 12.4. The van der Waals surface area contributed by atoms with E-state index in [1.165, 1.54) is 0 Å². The van der Waals surface area contributed by atoms with Crippen molar-refractivity contribution in [3.63, 3.8) is 0 Å². The van der Waals surface area contributed by atoms with E-state index in [0.717, 1.165) is 10.8 Å². The molecule has 1 atom stereocenters. The van der Waals surface area contributed by atoms with E-state index < -0.39 is 0 Å². The molecular formula is C20H16N2O3. The molecule has 124 valence electrons. The van der Waals surface area contributed by atoms with E-state index in [9.17, 15) is 4.79 Å². The second-order valence-electron chi connectivity index (χ2n) is 5.74. The summed E-state index contributed by atoms with van der Waals surface area (Å²) in [4.78, 5) is 21.1. The second-order valence-corrected chi connectivity index (χ2v) is 5.74. The average Bonchev–Trinajstić information content (AvgIpc) is 3.15. The molecule has 0 bridgehead atoms. The topological polar surface area (TPSA) is 60.8 Å². The normalized spacial score (nSPS) is 16.3. The first-order valence-corrected chi connectivity index (χ1v) is 8.08. The summed E-state index contributed by atoms with van der Waals surface area (Å²) in [6.07, 6.45) is 1.69. The van der Waals surface area contributed by atoms with E-state index >= 15 is 0 Å². The van der Waals surface area contributed by atoms with Gasteiger partial charge >= 0.3 is 5.97 Å². The number of esters is 1. The number of aromatic nitrogens is 1. The summed E-state index contributed by atoms with van der Waals surface area (Å²) in [5, 5.41) is 1.90. The number of carbonyl (C=O) groups is 1. The molecule has 3 aromatic rings. The molecule has 5 nitrogen and oxygen atoms in total. The standard InChI is InChI=1S/C20H16N2O3/c23-20(17-9-5-7-14-6-1-2-8-16(14)17)25-13-15-12-24-19(22-15)18-10-3-4-11-21-18/h1-11,15H,12-13H2/t15-/m0/s1. The Morgan fingerprint density at radius 3 is 2.80 bits per heavy atom. The van der Waals surface area contributed by atoms with Crippen LogP contribution in [0.4, 0.5) is 0 Å². The van der Waals surface area contributed by atoms with Crippen LogP contribution in [0.15, 0.2) is 71.9 Å². The summed E-state index contributed by atoms with van der Waals surface area (Å²) in [5.41, 5.74) is 1.25. The van der Waals surface area contributed by atoms with Crippen molar-refractivity contribution >= 4 is 22.6 Å². The lowest BCUT2D eigenvalue weighted by Crippen LogP contribution is -2.18. The Balaban J connectivity index is 1.45. The number of carbonyl (C=O) groups excluding carboxylic acids is 1. The summed E-state index contributed by atoms with van der Waals surface area (Å²) < 4.78 is 11.0. The Labute approximate surface area is 144 Å². The molecule has 0 unspecified atom stereocenters. The molecule has 0 saturated heterocycles. The van der Waals surface area contributed by atoms with Crippen molar-refractivity contribution in [1.82, 2.24) is 4.98 Å². The molecule has 0 N–H and O–H groups in total. The Morgan fingerprint density at radius 2 is 1.92 bits per heavy atom. The summed E-state index contributed by atoms with van der Waals surface area (Å²) in [6.45, 7) is 0.563.